The average molecular weight is 401 g/mol. The molecule has 138 valence electrons. The molecule has 1 aliphatic heterocycles. The van der Waals surface area contributed by atoms with E-state index in [4.69, 9.17) is 23.2 Å². The lowest BCUT2D eigenvalue weighted by Crippen LogP contribution is -2.49. The van der Waals surface area contributed by atoms with Gasteiger partial charge in [0.25, 0.3) is 12.3 Å². The van der Waals surface area contributed by atoms with E-state index in [1.807, 2.05) is 17.0 Å². The first kappa shape index (κ1) is 18.8. The van der Waals surface area contributed by atoms with E-state index < -0.39 is 12.1 Å². The third-order valence-electron chi connectivity index (χ3n) is 4.14. The highest BCUT2D eigenvalue weighted by molar-refractivity contribution is 6.43. The monoisotopic (exact) mass is 400 g/mol. The number of aryl methyl sites for hydroxylation is 1. The summed E-state index contributed by atoms with van der Waals surface area (Å²) in [7, 11) is 0. The molecule has 9 heteroatoms. The molecule has 0 bridgehead atoms. The summed E-state index contributed by atoms with van der Waals surface area (Å²) in [6, 6.07) is 6.45. The maximum absolute atomic E-state index is 12.9. The smallest absolute Gasteiger partial charge is 0.280 e. The highest BCUT2D eigenvalue weighted by Crippen LogP contribution is 2.33. The van der Waals surface area contributed by atoms with Crippen molar-refractivity contribution in [2.75, 3.05) is 31.1 Å². The topological polar surface area (TPSA) is 49.3 Å². The number of amides is 1. The van der Waals surface area contributed by atoms with E-state index in [2.05, 4.69) is 9.97 Å². The summed E-state index contributed by atoms with van der Waals surface area (Å²) in [6.45, 7) is 3.44. The van der Waals surface area contributed by atoms with Crippen LogP contribution in [-0.4, -0.2) is 47.0 Å². The number of hydrogen-bond acceptors (Lipinski definition) is 4. The van der Waals surface area contributed by atoms with Crippen molar-refractivity contribution < 1.29 is 13.6 Å². The van der Waals surface area contributed by atoms with Gasteiger partial charge in [0.05, 0.1) is 15.7 Å². The van der Waals surface area contributed by atoms with E-state index in [1.165, 1.54) is 6.92 Å². The molecule has 0 N–H and O–H groups in total. The van der Waals surface area contributed by atoms with Gasteiger partial charge >= 0.3 is 0 Å². The Morgan fingerprint density at radius 2 is 1.85 bits per heavy atom. The summed E-state index contributed by atoms with van der Waals surface area (Å²) in [5.41, 5.74) is 0.358. The lowest BCUT2D eigenvalue weighted by atomic mass is 10.2. The summed E-state index contributed by atoms with van der Waals surface area (Å²) < 4.78 is 25.8. The molecule has 0 radical (unpaired) electrons. The van der Waals surface area contributed by atoms with Gasteiger partial charge in [-0.05, 0) is 25.1 Å². The third kappa shape index (κ3) is 3.88. The minimum atomic E-state index is -2.75. The number of carbonyl (C=O) groups excluding carboxylic acids is 1. The van der Waals surface area contributed by atoms with Crippen LogP contribution in [0.4, 0.5) is 14.5 Å². The number of benzene rings is 1. The van der Waals surface area contributed by atoms with Gasteiger partial charge in [0.15, 0.2) is 0 Å². The number of nitrogens with zero attached hydrogens (tertiary/aromatic N) is 4. The summed E-state index contributed by atoms with van der Waals surface area (Å²) >= 11 is 12.3. The molecule has 0 aliphatic carbocycles. The molecule has 0 unspecified atom stereocenters. The van der Waals surface area contributed by atoms with E-state index in [-0.39, 0.29) is 17.4 Å². The van der Waals surface area contributed by atoms with Gasteiger partial charge in [-0.1, -0.05) is 29.3 Å². The van der Waals surface area contributed by atoms with Crippen molar-refractivity contribution in [2.45, 2.75) is 13.3 Å². The Hall–Kier alpha value is -1.99. The Morgan fingerprint density at radius 3 is 2.50 bits per heavy atom. The van der Waals surface area contributed by atoms with Crippen molar-refractivity contribution in [1.82, 2.24) is 14.9 Å². The molecule has 1 aromatic carbocycles. The molecule has 26 heavy (non-hydrogen) atoms. The summed E-state index contributed by atoms with van der Waals surface area (Å²) in [5, 5.41) is 0.945. The molecule has 2 heterocycles. The van der Waals surface area contributed by atoms with Gasteiger partial charge in [0, 0.05) is 26.2 Å². The maximum atomic E-state index is 12.9. The first-order valence-electron chi connectivity index (χ1n) is 7.99. The zero-order valence-corrected chi connectivity index (χ0v) is 15.4. The van der Waals surface area contributed by atoms with Gasteiger partial charge in [0.1, 0.15) is 17.2 Å². The molecule has 0 spiro atoms. The number of carbonyl (C=O) groups is 1. The van der Waals surface area contributed by atoms with Crippen LogP contribution in [-0.2, 0) is 0 Å². The van der Waals surface area contributed by atoms with Crippen LogP contribution in [0.15, 0.2) is 24.3 Å². The summed E-state index contributed by atoms with van der Waals surface area (Å²) in [6.07, 6.45) is -2.75. The molecule has 0 atom stereocenters. The van der Waals surface area contributed by atoms with Crippen molar-refractivity contribution in [3.8, 4) is 0 Å². The number of piperazine rings is 1. The Kier molecular flexibility index (Phi) is 5.58. The summed E-state index contributed by atoms with van der Waals surface area (Å²) in [4.78, 5) is 23.9. The maximum Gasteiger partial charge on any atom is 0.280 e. The highest BCUT2D eigenvalue weighted by Gasteiger charge is 2.25. The molecule has 1 aliphatic rings. The van der Waals surface area contributed by atoms with Crippen LogP contribution in [0, 0.1) is 6.92 Å². The second-order valence-corrected chi connectivity index (χ2v) is 6.66. The molecule has 5 nitrogen and oxygen atoms in total. The first-order valence-corrected chi connectivity index (χ1v) is 8.74. The van der Waals surface area contributed by atoms with Crippen molar-refractivity contribution in [2.24, 2.45) is 0 Å². The van der Waals surface area contributed by atoms with Crippen LogP contribution in [0.2, 0.25) is 10.0 Å². The van der Waals surface area contributed by atoms with Gasteiger partial charge in [-0.3, -0.25) is 4.79 Å². The minimum absolute atomic E-state index is 0.0120. The van der Waals surface area contributed by atoms with Crippen molar-refractivity contribution in [3.05, 3.63) is 51.5 Å². The van der Waals surface area contributed by atoms with Gasteiger partial charge in [-0.25, -0.2) is 18.7 Å². The normalized spacial score (nSPS) is 14.8. The lowest BCUT2D eigenvalue weighted by Gasteiger charge is -2.36. The Morgan fingerprint density at radius 1 is 1.15 bits per heavy atom. The second kappa shape index (κ2) is 7.72. The van der Waals surface area contributed by atoms with E-state index in [0.717, 1.165) is 11.8 Å². The fraction of sp³-hybridized carbons (Fsp3) is 0.353. The molecular weight excluding hydrogens is 385 g/mol. The number of aromatic nitrogens is 2. The van der Waals surface area contributed by atoms with Crippen LogP contribution in [0.25, 0.3) is 0 Å². The number of alkyl halides is 2. The minimum Gasteiger partial charge on any atom is -0.367 e. The van der Waals surface area contributed by atoms with Crippen molar-refractivity contribution in [3.63, 3.8) is 0 Å². The number of anilines is 1. The first-order chi connectivity index (χ1) is 12.4. The van der Waals surface area contributed by atoms with E-state index in [0.29, 0.717) is 36.2 Å². The molecule has 0 saturated carbocycles. The lowest BCUT2D eigenvalue weighted by molar-refractivity contribution is 0.0739. The number of halogens is 4. The Bertz CT molecular complexity index is 826. The molecular formula is C17H16Cl2F2N4O. The standard InChI is InChI=1S/C17H16Cl2F2N4O/c1-10-22-12(16(20)21)9-13(23-10)17(26)25-7-5-24(6-8-25)14-4-2-3-11(18)15(14)19/h2-4,9,16H,5-8H2,1H3. The van der Waals surface area contributed by atoms with Crippen molar-refractivity contribution >= 4 is 34.8 Å². The Labute approximate surface area is 159 Å². The van der Waals surface area contributed by atoms with Crippen LogP contribution in [0.5, 0.6) is 0 Å². The third-order valence-corrected chi connectivity index (χ3v) is 4.95. The average Bonchev–Trinajstić information content (AvgIpc) is 2.63. The fourth-order valence-electron chi connectivity index (χ4n) is 2.86. The molecule has 1 fully saturated rings. The fourth-order valence-corrected chi connectivity index (χ4v) is 3.28. The SMILES string of the molecule is Cc1nc(C(=O)N2CCN(c3cccc(Cl)c3Cl)CC2)cc(C(F)F)n1. The van der Waals surface area contributed by atoms with Crippen LogP contribution >= 0.6 is 23.2 Å². The van der Waals surface area contributed by atoms with Gasteiger partial charge < -0.3 is 9.80 Å². The second-order valence-electron chi connectivity index (χ2n) is 5.88. The van der Waals surface area contributed by atoms with E-state index >= 15 is 0 Å². The van der Waals surface area contributed by atoms with Crippen molar-refractivity contribution in [1.29, 1.82) is 0 Å². The Balaban J connectivity index is 1.72. The molecule has 1 amide bonds. The predicted molar refractivity (Wildman–Crippen MR) is 96.3 cm³/mol. The van der Waals surface area contributed by atoms with Gasteiger partial charge in [-0.15, -0.1) is 0 Å². The van der Waals surface area contributed by atoms with E-state index in [9.17, 15) is 13.6 Å². The van der Waals surface area contributed by atoms with Gasteiger partial charge in [0.2, 0.25) is 0 Å². The zero-order chi connectivity index (χ0) is 18.8. The molecule has 1 saturated heterocycles. The number of hydrogen-bond donors (Lipinski definition) is 0. The number of rotatable bonds is 3. The van der Waals surface area contributed by atoms with E-state index in [1.54, 1.807) is 11.0 Å². The highest BCUT2D eigenvalue weighted by atomic mass is 35.5. The van der Waals surface area contributed by atoms with Gasteiger partial charge in [-0.2, -0.15) is 0 Å². The van der Waals surface area contributed by atoms with Crippen LogP contribution in [0.1, 0.15) is 28.4 Å². The molecule has 1 aromatic heterocycles. The molecule has 3 rings (SSSR count). The largest absolute Gasteiger partial charge is 0.367 e. The quantitative estimate of drug-likeness (QED) is 0.781. The zero-order valence-electron chi connectivity index (χ0n) is 13.9. The predicted octanol–water partition coefficient (Wildman–Crippen LogP) is 3.99. The molecule has 2 aromatic rings. The van der Waals surface area contributed by atoms with Crippen LogP contribution < -0.4 is 4.90 Å². The van der Waals surface area contributed by atoms with Crippen LogP contribution in [0.3, 0.4) is 0 Å². The summed E-state index contributed by atoms with van der Waals surface area (Å²) in [5.74, 6) is -0.232.